The summed E-state index contributed by atoms with van der Waals surface area (Å²) in [5.74, 6) is 1.21. The average molecular weight is 446 g/mol. The number of carbonyl (C=O) groups excluding carboxylic acids is 1. The van der Waals surface area contributed by atoms with E-state index in [4.69, 9.17) is 10.5 Å². The molecule has 1 amide bonds. The maximum Gasteiger partial charge on any atom is 0.278 e. The fraction of sp³-hybridized carbons (Fsp3) is 0.0435. The smallest absolute Gasteiger partial charge is 0.278 e. The highest BCUT2D eigenvalue weighted by Gasteiger charge is 2.12. The molecule has 8 nitrogen and oxygen atoms in total. The van der Waals surface area contributed by atoms with Crippen molar-refractivity contribution >= 4 is 29.0 Å². The predicted octanol–water partition coefficient (Wildman–Crippen LogP) is 3.94. The lowest BCUT2D eigenvalue weighted by molar-refractivity contribution is -0.113. The largest absolute Gasteiger partial charge is 0.457 e. The van der Waals surface area contributed by atoms with Gasteiger partial charge in [0.25, 0.3) is 5.56 Å². The molecule has 0 aliphatic heterocycles. The van der Waals surface area contributed by atoms with E-state index in [-0.39, 0.29) is 22.5 Å². The molecule has 0 unspecified atom stereocenters. The van der Waals surface area contributed by atoms with Crippen LogP contribution in [0.25, 0.3) is 11.3 Å². The van der Waals surface area contributed by atoms with Gasteiger partial charge in [0.05, 0.1) is 5.75 Å². The molecule has 0 fully saturated rings. The summed E-state index contributed by atoms with van der Waals surface area (Å²) in [7, 11) is 0. The summed E-state index contributed by atoms with van der Waals surface area (Å²) in [6.45, 7) is 0. The van der Waals surface area contributed by atoms with E-state index < -0.39 is 5.56 Å². The quantitative estimate of drug-likeness (QED) is 0.291. The summed E-state index contributed by atoms with van der Waals surface area (Å²) >= 11 is 1.08. The number of aromatic nitrogens is 3. The second-order valence-electron chi connectivity index (χ2n) is 6.67. The topological polar surface area (TPSA) is 123 Å². The Hall–Kier alpha value is -4.11. The van der Waals surface area contributed by atoms with E-state index in [1.54, 1.807) is 48.5 Å². The molecule has 32 heavy (non-hydrogen) atoms. The molecule has 9 heteroatoms. The third-order valence-corrected chi connectivity index (χ3v) is 5.21. The number of ether oxygens (including phenoxy) is 1. The van der Waals surface area contributed by atoms with E-state index in [0.29, 0.717) is 22.7 Å². The van der Waals surface area contributed by atoms with E-state index in [0.717, 1.165) is 17.5 Å². The number of amides is 1. The van der Waals surface area contributed by atoms with Crippen molar-refractivity contribution in [1.29, 1.82) is 0 Å². The fourth-order valence-electron chi connectivity index (χ4n) is 2.84. The number of para-hydroxylation sites is 2. The molecular weight excluding hydrogens is 426 g/mol. The number of aromatic amines is 1. The third kappa shape index (κ3) is 5.32. The molecule has 0 aliphatic carbocycles. The Morgan fingerprint density at radius 1 is 0.938 bits per heavy atom. The zero-order valence-corrected chi connectivity index (χ0v) is 17.6. The number of hydrogen-bond acceptors (Lipinski definition) is 7. The Morgan fingerprint density at radius 3 is 2.34 bits per heavy atom. The number of nitrogens with zero attached hydrogens (tertiary/aromatic N) is 2. The highest BCUT2D eigenvalue weighted by molar-refractivity contribution is 7.99. The molecule has 1 heterocycles. The summed E-state index contributed by atoms with van der Waals surface area (Å²) in [6.07, 6.45) is 0. The number of hydrogen-bond donors (Lipinski definition) is 3. The van der Waals surface area contributed by atoms with E-state index in [1.165, 1.54) is 0 Å². The zero-order valence-electron chi connectivity index (χ0n) is 16.8. The molecule has 160 valence electrons. The number of anilines is 2. The van der Waals surface area contributed by atoms with Gasteiger partial charge in [-0.05, 0) is 42.5 Å². The number of thioether (sulfide) groups is 1. The van der Waals surface area contributed by atoms with Crippen molar-refractivity contribution in [1.82, 2.24) is 15.2 Å². The first-order valence-corrected chi connectivity index (χ1v) is 10.6. The summed E-state index contributed by atoms with van der Waals surface area (Å²) in [4.78, 5) is 27.2. The van der Waals surface area contributed by atoms with Gasteiger partial charge in [0, 0.05) is 16.9 Å². The van der Waals surface area contributed by atoms with E-state index in [2.05, 4.69) is 20.5 Å². The van der Waals surface area contributed by atoms with Crippen molar-refractivity contribution in [2.24, 2.45) is 0 Å². The Balaban J connectivity index is 1.32. The minimum Gasteiger partial charge on any atom is -0.457 e. The first-order chi connectivity index (χ1) is 15.6. The van der Waals surface area contributed by atoms with Crippen molar-refractivity contribution in [2.45, 2.75) is 5.16 Å². The number of benzene rings is 3. The molecule has 4 N–H and O–H groups in total. The lowest BCUT2D eigenvalue weighted by Gasteiger charge is -2.08. The predicted molar refractivity (Wildman–Crippen MR) is 125 cm³/mol. The molecule has 4 aromatic rings. The zero-order chi connectivity index (χ0) is 22.3. The minimum absolute atomic E-state index is 0.0553. The highest BCUT2D eigenvalue weighted by Crippen LogP contribution is 2.23. The van der Waals surface area contributed by atoms with Gasteiger partial charge in [0.2, 0.25) is 5.91 Å². The van der Waals surface area contributed by atoms with Crippen LogP contribution < -0.4 is 21.3 Å². The van der Waals surface area contributed by atoms with Crippen LogP contribution >= 0.6 is 11.8 Å². The summed E-state index contributed by atoms with van der Waals surface area (Å²) < 4.78 is 5.73. The van der Waals surface area contributed by atoms with Gasteiger partial charge in [0.1, 0.15) is 11.5 Å². The Labute approximate surface area is 187 Å². The van der Waals surface area contributed by atoms with Gasteiger partial charge >= 0.3 is 0 Å². The van der Waals surface area contributed by atoms with Gasteiger partial charge in [-0.25, -0.2) is 0 Å². The van der Waals surface area contributed by atoms with Crippen molar-refractivity contribution in [3.63, 3.8) is 0 Å². The first-order valence-electron chi connectivity index (χ1n) is 9.66. The first kappa shape index (κ1) is 21.1. The number of H-pyrrole nitrogens is 1. The maximum atomic E-state index is 12.4. The summed E-state index contributed by atoms with van der Waals surface area (Å²) in [6, 6.07) is 23.4. The van der Waals surface area contributed by atoms with Crippen LogP contribution in [0.15, 0.2) is 88.8 Å². The van der Waals surface area contributed by atoms with Crippen LogP contribution in [0, 0.1) is 0 Å². The standard InChI is InChI=1S/C23H19N5O3S/c24-19-9-5-4-8-18(19)21-22(30)26-23(28-27-21)32-14-20(29)25-15-10-12-17(13-11-15)31-16-6-2-1-3-7-16/h1-13H,14,24H2,(H,25,29)(H,26,28,30). The van der Waals surface area contributed by atoms with Gasteiger partial charge in [0.15, 0.2) is 10.9 Å². The SMILES string of the molecule is Nc1ccccc1-c1nnc(SCC(=O)Nc2ccc(Oc3ccccc3)cc2)[nH]c1=O. The van der Waals surface area contributed by atoms with Crippen molar-refractivity contribution in [3.05, 3.63) is 89.2 Å². The number of rotatable bonds is 7. The van der Waals surface area contributed by atoms with Crippen LogP contribution in [0.4, 0.5) is 11.4 Å². The Bertz CT molecular complexity index is 1280. The van der Waals surface area contributed by atoms with E-state index in [1.807, 2.05) is 30.3 Å². The average Bonchev–Trinajstić information content (AvgIpc) is 2.80. The van der Waals surface area contributed by atoms with Crippen LogP contribution in [0.1, 0.15) is 0 Å². The molecule has 1 aromatic heterocycles. The van der Waals surface area contributed by atoms with Crippen LogP contribution in [0.5, 0.6) is 11.5 Å². The molecule has 0 saturated carbocycles. The van der Waals surface area contributed by atoms with Crippen LogP contribution in [-0.2, 0) is 4.79 Å². The number of nitrogens with one attached hydrogen (secondary N) is 2. The third-order valence-electron chi connectivity index (χ3n) is 4.35. The second kappa shape index (κ2) is 9.80. The van der Waals surface area contributed by atoms with E-state index in [9.17, 15) is 9.59 Å². The van der Waals surface area contributed by atoms with Gasteiger partial charge in [-0.3, -0.25) is 14.6 Å². The number of nitrogen functional groups attached to an aromatic ring is 1. The lowest BCUT2D eigenvalue weighted by Crippen LogP contribution is -2.17. The van der Waals surface area contributed by atoms with Crippen LogP contribution in [-0.4, -0.2) is 26.8 Å². The van der Waals surface area contributed by atoms with Crippen LogP contribution in [0.2, 0.25) is 0 Å². The van der Waals surface area contributed by atoms with E-state index >= 15 is 0 Å². The molecule has 0 bridgehead atoms. The Morgan fingerprint density at radius 2 is 1.62 bits per heavy atom. The highest BCUT2D eigenvalue weighted by atomic mass is 32.2. The summed E-state index contributed by atoms with van der Waals surface area (Å²) in [5.41, 5.74) is 7.18. The number of carbonyl (C=O) groups is 1. The molecule has 0 aliphatic rings. The molecular formula is C23H19N5O3S. The van der Waals surface area contributed by atoms with Gasteiger partial charge in [-0.15, -0.1) is 10.2 Å². The number of nitrogens with two attached hydrogens (primary N) is 1. The van der Waals surface area contributed by atoms with Crippen LogP contribution in [0.3, 0.4) is 0 Å². The molecule has 0 radical (unpaired) electrons. The maximum absolute atomic E-state index is 12.4. The van der Waals surface area contributed by atoms with Gasteiger partial charge in [-0.1, -0.05) is 48.2 Å². The lowest BCUT2D eigenvalue weighted by atomic mass is 10.1. The molecule has 4 rings (SSSR count). The van der Waals surface area contributed by atoms with Gasteiger partial charge < -0.3 is 15.8 Å². The molecule has 0 saturated heterocycles. The van der Waals surface area contributed by atoms with Crippen molar-refractivity contribution in [2.75, 3.05) is 16.8 Å². The molecule has 0 spiro atoms. The van der Waals surface area contributed by atoms with Crippen molar-refractivity contribution in [3.8, 4) is 22.8 Å². The van der Waals surface area contributed by atoms with Gasteiger partial charge in [-0.2, -0.15) is 0 Å². The monoisotopic (exact) mass is 445 g/mol. The normalized spacial score (nSPS) is 10.5. The second-order valence-corrected chi connectivity index (χ2v) is 7.64. The Kier molecular flexibility index (Phi) is 6.47. The summed E-state index contributed by atoms with van der Waals surface area (Å²) in [5, 5.41) is 11.0. The fourth-order valence-corrected chi connectivity index (χ4v) is 3.44. The molecule has 3 aromatic carbocycles. The van der Waals surface area contributed by atoms with Crippen molar-refractivity contribution < 1.29 is 9.53 Å². The minimum atomic E-state index is -0.421. The molecule has 0 atom stereocenters.